The first-order chi connectivity index (χ1) is 16.4. The van der Waals surface area contributed by atoms with Gasteiger partial charge in [0.1, 0.15) is 36.3 Å². The van der Waals surface area contributed by atoms with Gasteiger partial charge in [-0.15, -0.1) is 5.10 Å². The summed E-state index contributed by atoms with van der Waals surface area (Å²) < 4.78 is 14.2. The molecule has 0 unspecified atom stereocenters. The average Bonchev–Trinajstić information content (AvgIpc) is 3.43. The predicted octanol–water partition coefficient (Wildman–Crippen LogP) is 0.661. The number of aromatic nitrogens is 5. The molecule has 34 heavy (non-hydrogen) atoms. The summed E-state index contributed by atoms with van der Waals surface area (Å²) in [7, 11) is 0. The second kappa shape index (κ2) is 8.86. The largest absolute Gasteiger partial charge is 0.487 e. The van der Waals surface area contributed by atoms with Crippen molar-refractivity contribution in [2.45, 2.75) is 38.0 Å². The summed E-state index contributed by atoms with van der Waals surface area (Å²) in [6.45, 7) is 1.22. The van der Waals surface area contributed by atoms with Crippen LogP contribution < -0.4 is 16.0 Å². The number of aryl methyl sites for hydroxylation is 1. The van der Waals surface area contributed by atoms with Gasteiger partial charge in [0, 0.05) is 11.8 Å². The lowest BCUT2D eigenvalue weighted by atomic mass is 10.1. The molecule has 2 aromatic heterocycles. The van der Waals surface area contributed by atoms with Crippen LogP contribution >= 0.6 is 0 Å². The zero-order chi connectivity index (χ0) is 23.8. The highest BCUT2D eigenvalue weighted by molar-refractivity contribution is 5.83. The van der Waals surface area contributed by atoms with Crippen molar-refractivity contribution in [2.24, 2.45) is 0 Å². The fraction of sp³-hybridized carbons (Fsp3) is 0.304. The van der Waals surface area contributed by atoms with Gasteiger partial charge in [0.15, 0.2) is 6.23 Å². The molecule has 2 aromatic carbocycles. The molecule has 3 N–H and O–H groups in total. The molecule has 11 heteroatoms. The Morgan fingerprint density at radius 3 is 2.74 bits per heavy atom. The normalized spacial score (nSPS) is 22.3. The molecule has 1 aliphatic heterocycles. The Kier molecular flexibility index (Phi) is 5.74. The molecular weight excluding hydrogens is 442 g/mol. The quantitative estimate of drug-likeness (QED) is 0.377. The number of benzene rings is 2. The lowest BCUT2D eigenvalue weighted by molar-refractivity contribution is -0.0480. The fourth-order valence-electron chi connectivity index (χ4n) is 4.11. The van der Waals surface area contributed by atoms with Crippen LogP contribution in [0.1, 0.15) is 23.5 Å². The smallest absolute Gasteiger partial charge is 0.330 e. The maximum atomic E-state index is 12.4. The van der Waals surface area contributed by atoms with Crippen LogP contribution in [0.3, 0.4) is 0 Å². The van der Waals surface area contributed by atoms with Crippen molar-refractivity contribution < 1.29 is 19.7 Å². The fourth-order valence-corrected chi connectivity index (χ4v) is 4.11. The lowest BCUT2D eigenvalue weighted by Gasteiger charge is -2.21. The van der Waals surface area contributed by atoms with Gasteiger partial charge in [0.25, 0.3) is 5.56 Å². The van der Waals surface area contributed by atoms with Crippen molar-refractivity contribution in [3.63, 3.8) is 0 Å². The molecule has 0 bridgehead atoms. The third kappa shape index (κ3) is 4.00. The molecule has 1 fully saturated rings. The third-order valence-electron chi connectivity index (χ3n) is 5.91. The van der Waals surface area contributed by atoms with E-state index in [0.29, 0.717) is 17.0 Å². The van der Waals surface area contributed by atoms with Gasteiger partial charge in [-0.05, 0) is 29.8 Å². The highest BCUT2D eigenvalue weighted by Gasteiger charge is 2.46. The van der Waals surface area contributed by atoms with Gasteiger partial charge in [-0.3, -0.25) is 14.3 Å². The maximum Gasteiger partial charge on any atom is 0.330 e. The van der Waals surface area contributed by atoms with Crippen LogP contribution in [-0.2, 0) is 11.3 Å². The highest BCUT2D eigenvalue weighted by atomic mass is 16.5. The number of rotatable bonds is 6. The second-order valence-electron chi connectivity index (χ2n) is 8.20. The Hall–Kier alpha value is -3.80. The minimum absolute atomic E-state index is 0.133. The van der Waals surface area contributed by atoms with E-state index in [1.165, 1.54) is 15.4 Å². The summed E-state index contributed by atoms with van der Waals surface area (Å²) >= 11 is 0. The minimum atomic E-state index is -1.18. The Labute approximate surface area is 192 Å². The number of fused-ring (bicyclic) bond motifs is 1. The van der Waals surface area contributed by atoms with Crippen molar-refractivity contribution in [3.8, 4) is 5.75 Å². The molecule has 4 aromatic rings. The number of nitrogens with one attached hydrogen (secondary N) is 1. The maximum absolute atomic E-state index is 12.4. The summed E-state index contributed by atoms with van der Waals surface area (Å²) in [5, 5.41) is 30.8. The molecule has 1 aliphatic rings. The number of aromatic amines is 1. The Morgan fingerprint density at radius 2 is 1.94 bits per heavy atom. The first kappa shape index (κ1) is 22.0. The number of H-pyrrole nitrogens is 1. The topological polar surface area (TPSA) is 144 Å². The van der Waals surface area contributed by atoms with Crippen LogP contribution in [0.15, 0.2) is 64.4 Å². The molecule has 176 valence electrons. The van der Waals surface area contributed by atoms with E-state index < -0.39 is 42.3 Å². The minimum Gasteiger partial charge on any atom is -0.487 e. The number of ether oxygens (including phenoxy) is 2. The van der Waals surface area contributed by atoms with E-state index in [2.05, 4.69) is 15.3 Å². The van der Waals surface area contributed by atoms with Crippen LogP contribution in [0, 0.1) is 6.92 Å². The molecule has 0 saturated carbocycles. The predicted molar refractivity (Wildman–Crippen MR) is 120 cm³/mol. The Morgan fingerprint density at radius 1 is 1.15 bits per heavy atom. The van der Waals surface area contributed by atoms with Gasteiger partial charge >= 0.3 is 5.69 Å². The Balaban J connectivity index is 1.39. The third-order valence-corrected chi connectivity index (χ3v) is 5.91. The molecule has 5 rings (SSSR count). The zero-order valence-corrected chi connectivity index (χ0v) is 18.2. The van der Waals surface area contributed by atoms with E-state index >= 15 is 0 Å². The van der Waals surface area contributed by atoms with Crippen LogP contribution in [0.4, 0.5) is 0 Å². The van der Waals surface area contributed by atoms with Crippen molar-refractivity contribution in [1.29, 1.82) is 0 Å². The van der Waals surface area contributed by atoms with Gasteiger partial charge in [-0.1, -0.05) is 35.5 Å². The Bertz CT molecular complexity index is 1440. The number of aliphatic hydroxyl groups excluding tert-OH is 2. The number of nitrogens with zero attached hydrogens (tertiary/aromatic N) is 4. The van der Waals surface area contributed by atoms with Crippen LogP contribution in [0.2, 0.25) is 0 Å². The molecule has 0 aliphatic carbocycles. The van der Waals surface area contributed by atoms with Crippen molar-refractivity contribution >= 4 is 10.8 Å². The van der Waals surface area contributed by atoms with Crippen LogP contribution in [-0.4, -0.2) is 53.6 Å². The van der Waals surface area contributed by atoms with Gasteiger partial charge in [-0.2, -0.15) is 0 Å². The van der Waals surface area contributed by atoms with Crippen molar-refractivity contribution in [1.82, 2.24) is 24.5 Å². The van der Waals surface area contributed by atoms with Gasteiger partial charge in [0.2, 0.25) is 0 Å². The molecule has 4 atom stereocenters. The van der Waals surface area contributed by atoms with Crippen LogP contribution in [0.25, 0.3) is 10.8 Å². The van der Waals surface area contributed by atoms with Gasteiger partial charge < -0.3 is 19.7 Å². The molecular formula is C23H23N5O6. The summed E-state index contributed by atoms with van der Waals surface area (Å²) in [5.41, 5.74) is -0.413. The SMILES string of the molecule is Cc1cn([C@@H]2O[C@H](CO)[C@@H](O)[C@H]2n2cc(COc3ccc4ccccc4c3)nn2)c(=O)[nH]c1=O. The van der Waals surface area contributed by atoms with E-state index in [1.807, 2.05) is 42.5 Å². The van der Waals surface area contributed by atoms with E-state index in [9.17, 15) is 19.8 Å². The van der Waals surface area contributed by atoms with Crippen molar-refractivity contribution in [3.05, 3.63) is 87.0 Å². The molecule has 0 amide bonds. The summed E-state index contributed by atoms with van der Waals surface area (Å²) in [4.78, 5) is 26.4. The van der Waals surface area contributed by atoms with E-state index in [1.54, 1.807) is 13.1 Å². The first-order valence-electron chi connectivity index (χ1n) is 10.7. The van der Waals surface area contributed by atoms with Crippen molar-refractivity contribution in [2.75, 3.05) is 6.61 Å². The second-order valence-corrected chi connectivity index (χ2v) is 8.20. The van der Waals surface area contributed by atoms with E-state index in [0.717, 1.165) is 10.8 Å². The number of hydrogen-bond donors (Lipinski definition) is 3. The lowest BCUT2D eigenvalue weighted by Crippen LogP contribution is -2.37. The summed E-state index contributed by atoms with van der Waals surface area (Å²) in [6, 6.07) is 12.8. The standard InChI is InChI=1S/C23H23N5O6/c1-13-9-27(23(32)24-21(13)31)22-19(20(30)18(11-29)34-22)28-10-16(25-26-28)12-33-17-7-6-14-4-2-3-5-15(14)8-17/h2-10,18-20,22,29-30H,11-12H2,1H3,(H,24,31,32)/t18-,19-,20-,22-/m1/s1. The first-order valence-corrected chi connectivity index (χ1v) is 10.7. The van der Waals surface area contributed by atoms with Gasteiger partial charge in [-0.25, -0.2) is 9.48 Å². The van der Waals surface area contributed by atoms with E-state index in [4.69, 9.17) is 9.47 Å². The summed E-state index contributed by atoms with van der Waals surface area (Å²) in [6.07, 6.45) is -0.201. The van der Waals surface area contributed by atoms with Gasteiger partial charge in [0.05, 0.1) is 12.8 Å². The highest BCUT2D eigenvalue weighted by Crippen LogP contribution is 2.37. The zero-order valence-electron chi connectivity index (χ0n) is 18.2. The molecule has 11 nitrogen and oxygen atoms in total. The number of aliphatic hydroxyl groups is 2. The molecule has 0 spiro atoms. The average molecular weight is 465 g/mol. The molecule has 3 heterocycles. The molecule has 1 saturated heterocycles. The van der Waals surface area contributed by atoms with E-state index in [-0.39, 0.29) is 6.61 Å². The van der Waals surface area contributed by atoms with Crippen LogP contribution in [0.5, 0.6) is 5.75 Å². The summed E-state index contributed by atoms with van der Waals surface area (Å²) in [5.74, 6) is 0.672. The number of hydrogen-bond acceptors (Lipinski definition) is 8. The molecule has 0 radical (unpaired) electrons. The monoisotopic (exact) mass is 465 g/mol.